The number of hydrazine groups is 1. The van der Waals surface area contributed by atoms with Gasteiger partial charge in [0.25, 0.3) is 0 Å². The van der Waals surface area contributed by atoms with Gasteiger partial charge in [-0.05, 0) is 57.7 Å². The molecule has 0 aliphatic heterocycles. The van der Waals surface area contributed by atoms with Crippen LogP contribution in [0.25, 0.3) is 0 Å². The van der Waals surface area contributed by atoms with E-state index in [1.807, 2.05) is 42.5 Å². The Kier molecular flexibility index (Phi) is 5.25. The van der Waals surface area contributed by atoms with Crippen LogP contribution in [0.15, 0.2) is 46.9 Å². The van der Waals surface area contributed by atoms with Crippen LogP contribution in [0, 0.1) is 0 Å². The molecule has 2 aromatic rings. The summed E-state index contributed by atoms with van der Waals surface area (Å²) in [5.41, 5.74) is 5.02. The van der Waals surface area contributed by atoms with Gasteiger partial charge in [0.1, 0.15) is 0 Å². The summed E-state index contributed by atoms with van der Waals surface area (Å²) >= 11 is 15.4. The lowest BCUT2D eigenvalue weighted by atomic mass is 9.99. The van der Waals surface area contributed by atoms with Crippen LogP contribution in [-0.2, 0) is 6.42 Å². The Bertz CT molecular complexity index is 575. The lowest BCUT2D eigenvalue weighted by molar-refractivity contribution is 0.552. The molecule has 100 valence electrons. The van der Waals surface area contributed by atoms with E-state index in [0.29, 0.717) is 5.02 Å². The minimum Gasteiger partial charge on any atom is -0.271 e. The van der Waals surface area contributed by atoms with Crippen molar-refractivity contribution in [2.24, 2.45) is 5.84 Å². The number of halogens is 3. The number of hydrogen-bond acceptors (Lipinski definition) is 2. The molecule has 0 saturated carbocycles. The first-order chi connectivity index (χ1) is 9.10. The van der Waals surface area contributed by atoms with Gasteiger partial charge in [0.15, 0.2) is 0 Å². The average Bonchev–Trinajstić information content (AvgIpc) is 2.39. The molecule has 3 N–H and O–H groups in total. The van der Waals surface area contributed by atoms with Crippen molar-refractivity contribution in [2.75, 3.05) is 0 Å². The van der Waals surface area contributed by atoms with Gasteiger partial charge in [-0.1, -0.05) is 41.4 Å². The van der Waals surface area contributed by atoms with Crippen molar-refractivity contribution in [3.05, 3.63) is 68.1 Å². The Labute approximate surface area is 131 Å². The van der Waals surface area contributed by atoms with Crippen LogP contribution in [0.5, 0.6) is 0 Å². The minimum absolute atomic E-state index is 0.00651. The monoisotopic (exact) mass is 358 g/mol. The SMILES string of the molecule is NNC(Cc1cccc(Cl)c1)c1ccc(Cl)c(Br)c1. The lowest BCUT2D eigenvalue weighted by Crippen LogP contribution is -2.29. The second-order valence-corrected chi connectivity index (χ2v) is 5.92. The van der Waals surface area contributed by atoms with Gasteiger partial charge in [0.05, 0.1) is 11.1 Å². The molecule has 1 atom stereocenters. The summed E-state index contributed by atoms with van der Waals surface area (Å²) in [6, 6.07) is 13.5. The maximum absolute atomic E-state index is 5.99. The summed E-state index contributed by atoms with van der Waals surface area (Å²) in [5.74, 6) is 5.65. The maximum atomic E-state index is 5.99. The number of rotatable bonds is 4. The Morgan fingerprint density at radius 1 is 1.16 bits per heavy atom. The average molecular weight is 360 g/mol. The highest BCUT2D eigenvalue weighted by molar-refractivity contribution is 9.10. The highest BCUT2D eigenvalue weighted by Gasteiger charge is 2.12. The zero-order chi connectivity index (χ0) is 13.8. The quantitative estimate of drug-likeness (QED) is 0.622. The van der Waals surface area contributed by atoms with Crippen LogP contribution in [0.3, 0.4) is 0 Å². The van der Waals surface area contributed by atoms with Crippen LogP contribution in [0.1, 0.15) is 17.2 Å². The molecule has 5 heteroatoms. The molecule has 2 nitrogen and oxygen atoms in total. The molecule has 1 unspecified atom stereocenters. The van der Waals surface area contributed by atoms with E-state index in [-0.39, 0.29) is 6.04 Å². The molecule has 0 spiro atoms. The van der Waals surface area contributed by atoms with Crippen molar-refractivity contribution in [3.8, 4) is 0 Å². The van der Waals surface area contributed by atoms with Gasteiger partial charge in [-0.25, -0.2) is 0 Å². The van der Waals surface area contributed by atoms with Crippen molar-refractivity contribution in [1.29, 1.82) is 0 Å². The predicted octanol–water partition coefficient (Wildman–Crippen LogP) is 4.50. The summed E-state index contributed by atoms with van der Waals surface area (Å²) in [5, 5.41) is 1.41. The van der Waals surface area contributed by atoms with Crippen LogP contribution in [0.2, 0.25) is 10.0 Å². The lowest BCUT2D eigenvalue weighted by Gasteiger charge is -2.17. The van der Waals surface area contributed by atoms with E-state index in [9.17, 15) is 0 Å². The first-order valence-electron chi connectivity index (χ1n) is 5.75. The molecule has 0 radical (unpaired) electrons. The first-order valence-corrected chi connectivity index (χ1v) is 7.30. The molecule has 0 heterocycles. The van der Waals surface area contributed by atoms with E-state index in [2.05, 4.69) is 21.4 Å². The predicted molar refractivity (Wildman–Crippen MR) is 84.4 cm³/mol. The second kappa shape index (κ2) is 6.73. The number of benzene rings is 2. The van der Waals surface area contributed by atoms with E-state index in [1.54, 1.807) is 0 Å². The fourth-order valence-corrected chi connectivity index (χ4v) is 2.63. The molecule has 2 aromatic carbocycles. The van der Waals surface area contributed by atoms with Crippen molar-refractivity contribution >= 4 is 39.1 Å². The molecule has 0 aliphatic rings. The molecule has 0 fully saturated rings. The Morgan fingerprint density at radius 3 is 2.58 bits per heavy atom. The van der Waals surface area contributed by atoms with E-state index < -0.39 is 0 Å². The first kappa shape index (κ1) is 14.8. The Balaban J connectivity index is 2.22. The zero-order valence-electron chi connectivity index (χ0n) is 10.0. The van der Waals surface area contributed by atoms with Crippen LogP contribution >= 0.6 is 39.1 Å². The van der Waals surface area contributed by atoms with E-state index in [1.165, 1.54) is 0 Å². The molecule has 0 bridgehead atoms. The van der Waals surface area contributed by atoms with Crippen LogP contribution in [0.4, 0.5) is 0 Å². The summed E-state index contributed by atoms with van der Waals surface area (Å²) < 4.78 is 0.859. The Morgan fingerprint density at radius 2 is 1.95 bits per heavy atom. The third-order valence-electron chi connectivity index (χ3n) is 2.88. The highest BCUT2D eigenvalue weighted by atomic mass is 79.9. The molecular formula is C14H13BrCl2N2. The van der Waals surface area contributed by atoms with Gasteiger partial charge in [0.2, 0.25) is 0 Å². The summed E-state index contributed by atoms with van der Waals surface area (Å²) in [7, 11) is 0. The summed E-state index contributed by atoms with van der Waals surface area (Å²) in [6.07, 6.45) is 0.755. The largest absolute Gasteiger partial charge is 0.271 e. The fraction of sp³-hybridized carbons (Fsp3) is 0.143. The molecule has 0 aliphatic carbocycles. The highest BCUT2D eigenvalue weighted by Crippen LogP contribution is 2.27. The molecule has 2 rings (SSSR count). The fourth-order valence-electron chi connectivity index (χ4n) is 1.90. The van der Waals surface area contributed by atoms with Crippen molar-refractivity contribution in [2.45, 2.75) is 12.5 Å². The van der Waals surface area contributed by atoms with Crippen LogP contribution < -0.4 is 11.3 Å². The Hall–Kier alpha value is -0.580. The number of nitrogens with two attached hydrogens (primary N) is 1. The molecule has 19 heavy (non-hydrogen) atoms. The summed E-state index contributed by atoms with van der Waals surface area (Å²) in [6.45, 7) is 0. The second-order valence-electron chi connectivity index (χ2n) is 4.23. The van der Waals surface area contributed by atoms with Gasteiger partial charge < -0.3 is 0 Å². The molecule has 0 amide bonds. The number of hydrogen-bond donors (Lipinski definition) is 2. The normalized spacial score (nSPS) is 12.4. The summed E-state index contributed by atoms with van der Waals surface area (Å²) in [4.78, 5) is 0. The number of nitrogens with one attached hydrogen (secondary N) is 1. The van der Waals surface area contributed by atoms with Crippen molar-refractivity contribution in [1.82, 2.24) is 5.43 Å². The van der Waals surface area contributed by atoms with Gasteiger partial charge >= 0.3 is 0 Å². The minimum atomic E-state index is 0.00651. The van der Waals surface area contributed by atoms with E-state index in [4.69, 9.17) is 29.0 Å². The molecule has 0 aromatic heterocycles. The van der Waals surface area contributed by atoms with Gasteiger partial charge in [0, 0.05) is 9.50 Å². The van der Waals surface area contributed by atoms with E-state index in [0.717, 1.165) is 27.0 Å². The van der Waals surface area contributed by atoms with Crippen molar-refractivity contribution in [3.63, 3.8) is 0 Å². The molecular weight excluding hydrogens is 347 g/mol. The van der Waals surface area contributed by atoms with Crippen molar-refractivity contribution < 1.29 is 0 Å². The topological polar surface area (TPSA) is 38.0 Å². The third kappa shape index (κ3) is 3.94. The van der Waals surface area contributed by atoms with E-state index >= 15 is 0 Å². The third-order valence-corrected chi connectivity index (χ3v) is 4.33. The maximum Gasteiger partial charge on any atom is 0.0548 e. The smallest absolute Gasteiger partial charge is 0.0548 e. The van der Waals surface area contributed by atoms with Gasteiger partial charge in [-0.2, -0.15) is 0 Å². The van der Waals surface area contributed by atoms with Gasteiger partial charge in [-0.3, -0.25) is 11.3 Å². The van der Waals surface area contributed by atoms with Gasteiger partial charge in [-0.15, -0.1) is 0 Å². The molecule has 0 saturated heterocycles. The zero-order valence-corrected chi connectivity index (χ0v) is 13.1. The van der Waals surface area contributed by atoms with Crippen LogP contribution in [-0.4, -0.2) is 0 Å². The standard InChI is InChI=1S/C14H13BrCl2N2/c15-12-8-10(4-5-13(12)17)14(19-18)7-9-2-1-3-11(16)6-9/h1-6,8,14,19H,7,18H2.